The third kappa shape index (κ3) is 10.4. The summed E-state index contributed by atoms with van der Waals surface area (Å²) >= 11 is 0. The van der Waals surface area contributed by atoms with Gasteiger partial charge >= 0.3 is 0 Å². The summed E-state index contributed by atoms with van der Waals surface area (Å²) in [5.41, 5.74) is 5.45. The monoisotopic (exact) mass is 530 g/mol. The van der Waals surface area contributed by atoms with Crippen molar-refractivity contribution in [3.8, 4) is 16.9 Å². The summed E-state index contributed by atoms with van der Waals surface area (Å²) in [7, 11) is 0. The van der Waals surface area contributed by atoms with Gasteiger partial charge in [0.05, 0.1) is 6.61 Å². The molecule has 0 atom stereocenters. The van der Waals surface area contributed by atoms with Gasteiger partial charge in [-0.05, 0) is 58.1 Å². The molecule has 2 heterocycles. The molecule has 3 nitrogen and oxygen atoms in total. The minimum absolute atomic E-state index is 0.108. The van der Waals surface area contributed by atoms with E-state index >= 15 is 0 Å². The van der Waals surface area contributed by atoms with Crippen molar-refractivity contribution >= 4 is 0 Å². The highest BCUT2D eigenvalue weighted by Crippen LogP contribution is 2.33. The zero-order valence-electron chi connectivity index (χ0n) is 25.9. The SMILES string of the molecule is CCCCCCCC[n+]1ccc(-c2cc[n+](CCCCOc3cc(C(C)(C)C)cc(C(C)(C)C)c3)cc2)cc1. The Morgan fingerprint density at radius 3 is 1.46 bits per heavy atom. The number of hydrogen-bond donors (Lipinski definition) is 0. The van der Waals surface area contributed by atoms with Crippen LogP contribution in [-0.2, 0) is 23.9 Å². The van der Waals surface area contributed by atoms with Gasteiger partial charge in [-0.15, -0.1) is 0 Å². The molecule has 2 aromatic heterocycles. The van der Waals surface area contributed by atoms with Crippen molar-refractivity contribution in [3.05, 3.63) is 78.4 Å². The quantitative estimate of drug-likeness (QED) is 0.150. The second-order valence-electron chi connectivity index (χ2n) is 13.2. The van der Waals surface area contributed by atoms with Crippen LogP contribution in [0.1, 0.15) is 111 Å². The van der Waals surface area contributed by atoms with Gasteiger partial charge in [-0.25, -0.2) is 9.13 Å². The first-order chi connectivity index (χ1) is 18.6. The van der Waals surface area contributed by atoms with E-state index in [0.29, 0.717) is 0 Å². The maximum Gasteiger partial charge on any atom is 0.169 e. The summed E-state index contributed by atoms with van der Waals surface area (Å²) in [6, 6.07) is 15.7. The Morgan fingerprint density at radius 1 is 0.564 bits per heavy atom. The van der Waals surface area contributed by atoms with E-state index in [-0.39, 0.29) is 10.8 Å². The zero-order valence-corrected chi connectivity index (χ0v) is 25.9. The summed E-state index contributed by atoms with van der Waals surface area (Å²) in [5.74, 6) is 1.00. The highest BCUT2D eigenvalue weighted by Gasteiger charge is 2.21. The predicted molar refractivity (Wildman–Crippen MR) is 164 cm³/mol. The molecular formula is C36H54N2O+2. The number of rotatable bonds is 14. The molecule has 0 fully saturated rings. The molecule has 0 radical (unpaired) electrons. The molecule has 0 amide bonds. The molecule has 1 aromatic carbocycles. The molecule has 0 aliphatic carbocycles. The third-order valence-electron chi connectivity index (χ3n) is 7.60. The van der Waals surface area contributed by atoms with Gasteiger partial charge in [-0.2, -0.15) is 0 Å². The highest BCUT2D eigenvalue weighted by molar-refractivity contribution is 5.60. The molecule has 0 unspecified atom stereocenters. The van der Waals surface area contributed by atoms with Gasteiger partial charge in [0.15, 0.2) is 24.8 Å². The number of ether oxygens (including phenoxy) is 1. The number of pyridine rings is 2. The molecule has 39 heavy (non-hydrogen) atoms. The molecule has 0 bridgehead atoms. The van der Waals surface area contributed by atoms with Crippen LogP contribution in [-0.4, -0.2) is 6.61 Å². The second kappa shape index (κ2) is 14.6. The standard InChI is InChI=1S/C36H54N2O/c1-8-9-10-11-12-13-20-37-22-16-30(17-23-37)31-18-24-38(25-19-31)21-14-15-26-39-34-28-32(35(2,3)4)27-33(29-34)36(5,6)7/h16-19,22-25,27-29H,8-15,20-21,26H2,1-7H3/q+2. The molecule has 0 N–H and O–H groups in total. The van der Waals surface area contributed by atoms with E-state index in [0.717, 1.165) is 38.3 Å². The summed E-state index contributed by atoms with van der Waals surface area (Å²) in [4.78, 5) is 0. The Bertz CT molecular complexity index is 1090. The summed E-state index contributed by atoms with van der Waals surface area (Å²) in [5, 5.41) is 0. The first kappa shape index (κ1) is 30.9. The molecule has 3 aromatic rings. The smallest absolute Gasteiger partial charge is 0.169 e. The van der Waals surface area contributed by atoms with E-state index in [9.17, 15) is 0 Å². The van der Waals surface area contributed by atoms with Crippen molar-refractivity contribution in [3.63, 3.8) is 0 Å². The van der Waals surface area contributed by atoms with Crippen LogP contribution in [0.2, 0.25) is 0 Å². The van der Waals surface area contributed by atoms with Gasteiger partial charge in [-0.3, -0.25) is 0 Å². The van der Waals surface area contributed by atoms with Crippen LogP contribution in [0, 0.1) is 0 Å². The number of aryl methyl sites for hydroxylation is 2. The van der Waals surface area contributed by atoms with Crippen LogP contribution in [0.3, 0.4) is 0 Å². The van der Waals surface area contributed by atoms with Gasteiger partial charge in [0, 0.05) is 37.1 Å². The number of hydrogen-bond acceptors (Lipinski definition) is 1. The first-order valence-corrected chi connectivity index (χ1v) is 15.3. The van der Waals surface area contributed by atoms with Crippen molar-refractivity contribution in [2.75, 3.05) is 6.61 Å². The maximum atomic E-state index is 6.24. The minimum atomic E-state index is 0.108. The molecule has 0 saturated heterocycles. The lowest BCUT2D eigenvalue weighted by molar-refractivity contribution is -0.697. The van der Waals surface area contributed by atoms with Gasteiger partial charge in [0.2, 0.25) is 0 Å². The summed E-state index contributed by atoms with van der Waals surface area (Å²) in [6.45, 7) is 18.8. The molecule has 0 saturated carbocycles. The lowest BCUT2D eigenvalue weighted by atomic mass is 9.80. The Kier molecular flexibility index (Phi) is 11.6. The minimum Gasteiger partial charge on any atom is -0.494 e. The summed E-state index contributed by atoms with van der Waals surface area (Å²) in [6.07, 6.45) is 19.0. The zero-order chi connectivity index (χ0) is 28.3. The van der Waals surface area contributed by atoms with Crippen molar-refractivity contribution in [2.45, 2.75) is 124 Å². The summed E-state index contributed by atoms with van der Waals surface area (Å²) < 4.78 is 10.8. The number of unbranched alkanes of at least 4 members (excludes halogenated alkanes) is 6. The van der Waals surface area contributed by atoms with Gasteiger partial charge in [0.25, 0.3) is 0 Å². The van der Waals surface area contributed by atoms with Crippen LogP contribution in [0.25, 0.3) is 11.1 Å². The first-order valence-electron chi connectivity index (χ1n) is 15.3. The molecule has 212 valence electrons. The molecule has 0 spiro atoms. The number of aromatic nitrogens is 2. The fourth-order valence-electron chi connectivity index (χ4n) is 4.81. The Morgan fingerprint density at radius 2 is 1.00 bits per heavy atom. The van der Waals surface area contributed by atoms with Crippen molar-refractivity contribution in [1.82, 2.24) is 0 Å². The lowest BCUT2D eigenvalue weighted by Crippen LogP contribution is -2.33. The van der Waals surface area contributed by atoms with E-state index in [1.54, 1.807) is 0 Å². The van der Waals surface area contributed by atoms with Crippen molar-refractivity contribution in [2.24, 2.45) is 0 Å². The van der Waals surface area contributed by atoms with Crippen LogP contribution >= 0.6 is 0 Å². The van der Waals surface area contributed by atoms with Gasteiger partial charge < -0.3 is 4.74 Å². The van der Waals surface area contributed by atoms with Crippen LogP contribution in [0.5, 0.6) is 5.75 Å². The average Bonchev–Trinajstić information content (AvgIpc) is 2.90. The van der Waals surface area contributed by atoms with Gasteiger partial charge in [0.1, 0.15) is 18.8 Å². The predicted octanol–water partition coefficient (Wildman–Crippen LogP) is 8.74. The molecule has 0 aliphatic rings. The average molecular weight is 531 g/mol. The third-order valence-corrected chi connectivity index (χ3v) is 7.60. The molecular weight excluding hydrogens is 476 g/mol. The van der Waals surface area contributed by atoms with Crippen LogP contribution in [0.15, 0.2) is 67.3 Å². The Balaban J connectivity index is 1.43. The maximum absolute atomic E-state index is 6.24. The van der Waals surface area contributed by atoms with E-state index < -0.39 is 0 Å². The fourth-order valence-corrected chi connectivity index (χ4v) is 4.81. The Labute approximate surface area is 239 Å². The van der Waals surface area contributed by atoms with Crippen LogP contribution < -0.4 is 13.9 Å². The van der Waals surface area contributed by atoms with Crippen molar-refractivity contribution in [1.29, 1.82) is 0 Å². The second-order valence-corrected chi connectivity index (χ2v) is 13.2. The van der Waals surface area contributed by atoms with E-state index in [4.69, 9.17) is 4.74 Å². The Hall–Kier alpha value is -2.68. The van der Waals surface area contributed by atoms with E-state index in [1.807, 2.05) is 0 Å². The van der Waals surface area contributed by atoms with Crippen molar-refractivity contribution < 1.29 is 13.9 Å². The van der Waals surface area contributed by atoms with E-state index in [1.165, 1.54) is 60.8 Å². The van der Waals surface area contributed by atoms with E-state index in [2.05, 4.69) is 125 Å². The normalized spacial score (nSPS) is 12.1. The molecule has 3 heteroatoms. The van der Waals surface area contributed by atoms with Gasteiger partial charge in [-0.1, -0.05) is 80.2 Å². The largest absolute Gasteiger partial charge is 0.494 e. The lowest BCUT2D eigenvalue weighted by Gasteiger charge is -2.26. The topological polar surface area (TPSA) is 17.0 Å². The van der Waals surface area contributed by atoms with Crippen LogP contribution in [0.4, 0.5) is 0 Å². The molecule has 3 rings (SSSR count). The highest BCUT2D eigenvalue weighted by atomic mass is 16.5. The number of nitrogens with zero attached hydrogens (tertiary/aromatic N) is 2. The number of benzene rings is 1. The fraction of sp³-hybridized carbons (Fsp3) is 0.556. The molecule has 0 aliphatic heterocycles.